The molecule has 0 radical (unpaired) electrons. The van der Waals surface area contributed by atoms with E-state index in [9.17, 15) is 13.2 Å². The van der Waals surface area contributed by atoms with Crippen LogP contribution in [0.15, 0.2) is 0 Å². The Balaban J connectivity index is 2.95. The van der Waals surface area contributed by atoms with Gasteiger partial charge in [0.2, 0.25) is 3.83 Å². The minimum absolute atomic E-state index is 0.0104. The summed E-state index contributed by atoms with van der Waals surface area (Å²) in [6, 6.07) is 0. The molecule has 3 nitrogen and oxygen atoms in total. The average molecular weight is 319 g/mol. The maximum absolute atomic E-state index is 12.4. The zero-order chi connectivity index (χ0) is 10.8. The van der Waals surface area contributed by atoms with Crippen LogP contribution in [0.5, 0.6) is 0 Å². The monoisotopic (exact) mass is 319 g/mol. The molecule has 0 atom stereocenters. The summed E-state index contributed by atoms with van der Waals surface area (Å²) in [6.07, 6.45) is -2.58. The van der Waals surface area contributed by atoms with Crippen molar-refractivity contribution in [2.45, 2.75) is 32.5 Å². The van der Waals surface area contributed by atoms with Crippen LogP contribution in [0.25, 0.3) is 0 Å². The zero-order valence-corrected chi connectivity index (χ0v) is 9.63. The van der Waals surface area contributed by atoms with Crippen molar-refractivity contribution in [2.24, 2.45) is 0 Å². The van der Waals surface area contributed by atoms with E-state index in [1.165, 1.54) is 22.6 Å². The predicted octanol–water partition coefficient (Wildman–Crippen LogP) is 2.70. The van der Waals surface area contributed by atoms with Gasteiger partial charge in [0.25, 0.3) is 0 Å². The van der Waals surface area contributed by atoms with E-state index in [0.717, 1.165) is 6.42 Å². The molecule has 0 saturated heterocycles. The molecule has 0 aliphatic rings. The Hall–Kier alpha value is -0.340. The second kappa shape index (κ2) is 4.45. The summed E-state index contributed by atoms with van der Waals surface area (Å²) in [4.78, 5) is 0. The van der Waals surface area contributed by atoms with Crippen LogP contribution in [-0.2, 0) is 12.7 Å². The fraction of sp³-hybridized carbons (Fsp3) is 0.714. The van der Waals surface area contributed by atoms with E-state index in [1.807, 2.05) is 6.92 Å². The second-order valence-corrected chi connectivity index (χ2v) is 3.76. The first-order valence-electron chi connectivity index (χ1n) is 4.13. The third-order valence-electron chi connectivity index (χ3n) is 1.70. The molecule has 1 aromatic heterocycles. The van der Waals surface area contributed by atoms with Crippen LogP contribution in [0.4, 0.5) is 13.2 Å². The molecule has 0 N–H and O–H groups in total. The molecule has 1 aromatic rings. The lowest BCUT2D eigenvalue weighted by Crippen LogP contribution is -2.21. The number of unbranched alkanes of at least 4 members (excludes halogenated alkanes) is 1. The van der Waals surface area contributed by atoms with Gasteiger partial charge in [-0.25, -0.2) is 4.57 Å². The summed E-state index contributed by atoms with van der Waals surface area (Å²) in [5.74, 6) is -0.0104. The Bertz CT molecular complexity index is 308. The lowest BCUT2D eigenvalue weighted by Gasteiger charge is -2.10. The lowest BCUT2D eigenvalue weighted by molar-refractivity contribution is -0.207. The minimum Gasteiger partial charge on any atom is -0.215 e. The van der Waals surface area contributed by atoms with Gasteiger partial charge in [-0.3, -0.25) is 0 Å². The summed E-state index contributed by atoms with van der Waals surface area (Å²) in [5.41, 5.74) is 0. The SMILES string of the molecule is CCCCc1nnc(I)n1C(F)(F)F. The lowest BCUT2D eigenvalue weighted by atomic mass is 10.2. The molecular formula is C7H9F3IN3. The van der Waals surface area contributed by atoms with E-state index in [4.69, 9.17) is 0 Å². The molecule has 0 saturated carbocycles. The van der Waals surface area contributed by atoms with Crippen molar-refractivity contribution in [3.8, 4) is 0 Å². The van der Waals surface area contributed by atoms with Crippen molar-refractivity contribution >= 4 is 22.6 Å². The standard InChI is InChI=1S/C7H9F3IN3/c1-2-3-4-5-12-13-6(11)14(5)7(8,9)10/h2-4H2,1H3. The van der Waals surface area contributed by atoms with Crippen molar-refractivity contribution in [1.82, 2.24) is 14.8 Å². The molecule has 0 amide bonds. The number of hydrogen-bond acceptors (Lipinski definition) is 2. The molecule has 80 valence electrons. The fourth-order valence-corrected chi connectivity index (χ4v) is 1.70. The summed E-state index contributed by atoms with van der Waals surface area (Å²) >= 11 is 1.53. The van der Waals surface area contributed by atoms with Gasteiger partial charge >= 0.3 is 6.30 Å². The van der Waals surface area contributed by atoms with Crippen molar-refractivity contribution in [3.05, 3.63) is 9.66 Å². The van der Waals surface area contributed by atoms with Crippen LogP contribution in [0.2, 0.25) is 0 Å². The molecule has 0 aromatic carbocycles. The molecule has 0 aliphatic carbocycles. The van der Waals surface area contributed by atoms with E-state index in [-0.39, 0.29) is 14.2 Å². The van der Waals surface area contributed by atoms with Crippen molar-refractivity contribution in [1.29, 1.82) is 0 Å². The van der Waals surface area contributed by atoms with Gasteiger partial charge in [-0.15, -0.1) is 23.4 Å². The van der Waals surface area contributed by atoms with Crippen LogP contribution >= 0.6 is 22.6 Å². The number of nitrogens with zero attached hydrogens (tertiary/aromatic N) is 3. The highest BCUT2D eigenvalue weighted by atomic mass is 127. The van der Waals surface area contributed by atoms with Crippen LogP contribution < -0.4 is 0 Å². The Morgan fingerprint density at radius 1 is 1.36 bits per heavy atom. The van der Waals surface area contributed by atoms with Gasteiger partial charge in [-0.05, 0) is 6.42 Å². The number of halogens is 4. The molecule has 0 fully saturated rings. The highest BCUT2D eigenvalue weighted by Gasteiger charge is 2.35. The van der Waals surface area contributed by atoms with Gasteiger partial charge in [-0.1, -0.05) is 13.3 Å². The van der Waals surface area contributed by atoms with Gasteiger partial charge in [0, 0.05) is 29.0 Å². The molecular weight excluding hydrogens is 310 g/mol. The van der Waals surface area contributed by atoms with Crippen LogP contribution in [0.3, 0.4) is 0 Å². The normalized spacial score (nSPS) is 12.1. The van der Waals surface area contributed by atoms with Crippen LogP contribution in [-0.4, -0.2) is 14.8 Å². The number of hydrogen-bond donors (Lipinski definition) is 0. The number of aromatic nitrogens is 3. The first kappa shape index (κ1) is 11.7. The van der Waals surface area contributed by atoms with E-state index >= 15 is 0 Å². The topological polar surface area (TPSA) is 30.7 Å². The molecule has 1 heterocycles. The maximum Gasteiger partial charge on any atom is 0.491 e. The van der Waals surface area contributed by atoms with Crippen LogP contribution in [0.1, 0.15) is 25.6 Å². The molecule has 0 unspecified atom stereocenters. The first-order valence-corrected chi connectivity index (χ1v) is 5.21. The highest BCUT2D eigenvalue weighted by molar-refractivity contribution is 14.1. The molecule has 1 rings (SSSR count). The van der Waals surface area contributed by atoms with E-state index < -0.39 is 6.30 Å². The smallest absolute Gasteiger partial charge is 0.215 e. The quantitative estimate of drug-likeness (QED) is 0.802. The Labute approximate surface area is 92.8 Å². The minimum atomic E-state index is -4.41. The molecule has 7 heteroatoms. The summed E-state index contributed by atoms with van der Waals surface area (Å²) < 4.78 is 37.4. The van der Waals surface area contributed by atoms with Crippen molar-refractivity contribution in [3.63, 3.8) is 0 Å². The Morgan fingerprint density at radius 3 is 2.50 bits per heavy atom. The van der Waals surface area contributed by atoms with Crippen molar-refractivity contribution in [2.75, 3.05) is 0 Å². The van der Waals surface area contributed by atoms with Gasteiger partial charge in [0.1, 0.15) is 5.82 Å². The number of rotatable bonds is 3. The molecule has 0 spiro atoms. The van der Waals surface area contributed by atoms with E-state index in [1.54, 1.807) is 0 Å². The second-order valence-electron chi connectivity index (χ2n) is 2.79. The predicted molar refractivity (Wildman–Crippen MR) is 52.6 cm³/mol. The molecule has 0 bridgehead atoms. The summed E-state index contributed by atoms with van der Waals surface area (Å²) in [7, 11) is 0. The molecule has 0 aliphatic heterocycles. The largest absolute Gasteiger partial charge is 0.491 e. The fourth-order valence-electron chi connectivity index (χ4n) is 1.04. The highest BCUT2D eigenvalue weighted by Crippen LogP contribution is 2.26. The Kier molecular flexibility index (Phi) is 3.73. The number of alkyl halides is 3. The Morgan fingerprint density at radius 2 is 2.00 bits per heavy atom. The number of aryl methyl sites for hydroxylation is 1. The zero-order valence-electron chi connectivity index (χ0n) is 7.47. The third-order valence-corrected chi connectivity index (χ3v) is 2.40. The van der Waals surface area contributed by atoms with Gasteiger partial charge < -0.3 is 0 Å². The van der Waals surface area contributed by atoms with Crippen molar-refractivity contribution < 1.29 is 13.2 Å². The van der Waals surface area contributed by atoms with E-state index in [2.05, 4.69) is 10.2 Å². The van der Waals surface area contributed by atoms with Crippen LogP contribution in [0, 0.1) is 3.83 Å². The third kappa shape index (κ3) is 2.58. The van der Waals surface area contributed by atoms with Gasteiger partial charge in [0.05, 0.1) is 0 Å². The maximum atomic E-state index is 12.4. The summed E-state index contributed by atoms with van der Waals surface area (Å²) in [5, 5.41) is 6.92. The van der Waals surface area contributed by atoms with E-state index in [0.29, 0.717) is 12.8 Å². The summed E-state index contributed by atoms with van der Waals surface area (Å²) in [6.45, 7) is 1.92. The average Bonchev–Trinajstić information content (AvgIpc) is 2.42. The first-order chi connectivity index (χ1) is 6.46. The van der Waals surface area contributed by atoms with Gasteiger partial charge in [0.15, 0.2) is 0 Å². The van der Waals surface area contributed by atoms with Gasteiger partial charge in [-0.2, -0.15) is 0 Å². The molecule has 14 heavy (non-hydrogen) atoms.